The van der Waals surface area contributed by atoms with E-state index in [1.54, 1.807) is 26.0 Å². The number of nitrogens with one attached hydrogen (secondary N) is 1. The molecule has 0 aliphatic rings. The third-order valence-electron chi connectivity index (χ3n) is 2.94. The summed E-state index contributed by atoms with van der Waals surface area (Å²) in [4.78, 5) is 22.9. The molecule has 0 aliphatic carbocycles. The predicted molar refractivity (Wildman–Crippen MR) is 72.5 cm³/mol. The summed E-state index contributed by atoms with van der Waals surface area (Å²) in [6, 6.07) is 3.81. The molecule has 0 radical (unpaired) electrons. The second-order valence-corrected chi connectivity index (χ2v) is 5.01. The summed E-state index contributed by atoms with van der Waals surface area (Å²) in [5, 5.41) is 11.4. The second-order valence-electron chi connectivity index (χ2n) is 5.01. The average molecular weight is 282 g/mol. The van der Waals surface area contributed by atoms with E-state index < -0.39 is 24.0 Å². The number of rotatable bonds is 6. The summed E-state index contributed by atoms with van der Waals surface area (Å²) in [5.41, 5.74) is 6.45. The number of amides is 1. The van der Waals surface area contributed by atoms with Crippen molar-refractivity contribution in [2.45, 2.75) is 32.4 Å². The zero-order chi connectivity index (χ0) is 15.3. The van der Waals surface area contributed by atoms with Crippen molar-refractivity contribution in [3.8, 4) is 0 Å². The van der Waals surface area contributed by atoms with Gasteiger partial charge in [0.25, 0.3) is 0 Å². The van der Waals surface area contributed by atoms with Crippen LogP contribution in [0.3, 0.4) is 0 Å². The molecule has 110 valence electrons. The fraction of sp³-hybridized carbons (Fsp3) is 0.429. The van der Waals surface area contributed by atoms with Gasteiger partial charge in [0.05, 0.1) is 6.04 Å². The van der Waals surface area contributed by atoms with Gasteiger partial charge in [-0.2, -0.15) is 0 Å². The lowest BCUT2D eigenvalue weighted by Gasteiger charge is -2.20. The molecule has 1 rings (SSSR count). The smallest absolute Gasteiger partial charge is 0.326 e. The van der Waals surface area contributed by atoms with Crippen molar-refractivity contribution in [1.29, 1.82) is 0 Å². The number of carbonyl (C=O) groups excluding carboxylic acids is 1. The van der Waals surface area contributed by atoms with Gasteiger partial charge >= 0.3 is 5.97 Å². The Labute approximate surface area is 117 Å². The van der Waals surface area contributed by atoms with Crippen molar-refractivity contribution in [1.82, 2.24) is 5.32 Å². The summed E-state index contributed by atoms with van der Waals surface area (Å²) in [6.45, 7) is 3.40. The van der Waals surface area contributed by atoms with Crippen LogP contribution in [0.25, 0.3) is 0 Å². The highest BCUT2D eigenvalue weighted by Gasteiger charge is 2.25. The molecule has 5 nitrogen and oxygen atoms in total. The van der Waals surface area contributed by atoms with Gasteiger partial charge in [-0.05, 0) is 30.0 Å². The van der Waals surface area contributed by atoms with Crippen LogP contribution in [-0.4, -0.2) is 29.1 Å². The van der Waals surface area contributed by atoms with E-state index >= 15 is 0 Å². The quantitative estimate of drug-likeness (QED) is 0.723. The van der Waals surface area contributed by atoms with E-state index in [9.17, 15) is 14.0 Å². The second kappa shape index (κ2) is 7.00. The number of hydrogen-bond acceptors (Lipinski definition) is 3. The minimum absolute atomic E-state index is 0.219. The number of benzene rings is 1. The Kier molecular flexibility index (Phi) is 5.64. The highest BCUT2D eigenvalue weighted by atomic mass is 19.1. The summed E-state index contributed by atoms with van der Waals surface area (Å²) in [5.74, 6) is -2.23. The average Bonchev–Trinajstić information content (AvgIpc) is 2.37. The van der Waals surface area contributed by atoms with E-state index in [0.717, 1.165) is 0 Å². The van der Waals surface area contributed by atoms with E-state index in [-0.39, 0.29) is 18.2 Å². The van der Waals surface area contributed by atoms with Crippen molar-refractivity contribution >= 4 is 11.9 Å². The first-order valence-corrected chi connectivity index (χ1v) is 6.34. The lowest BCUT2D eigenvalue weighted by atomic mass is 10.0. The van der Waals surface area contributed by atoms with E-state index in [1.807, 2.05) is 0 Å². The van der Waals surface area contributed by atoms with Crippen LogP contribution in [0.15, 0.2) is 24.3 Å². The Balaban J connectivity index is 2.62. The van der Waals surface area contributed by atoms with Crippen LogP contribution in [-0.2, 0) is 16.0 Å². The molecule has 1 aromatic carbocycles. The summed E-state index contributed by atoms with van der Waals surface area (Å²) >= 11 is 0. The topological polar surface area (TPSA) is 92.4 Å². The Morgan fingerprint density at radius 3 is 2.30 bits per heavy atom. The Bertz CT molecular complexity index is 474. The van der Waals surface area contributed by atoms with Gasteiger partial charge in [-0.1, -0.05) is 26.0 Å². The molecule has 6 heteroatoms. The van der Waals surface area contributed by atoms with Crippen molar-refractivity contribution in [3.63, 3.8) is 0 Å². The first kappa shape index (κ1) is 16.1. The highest BCUT2D eigenvalue weighted by molar-refractivity contribution is 5.87. The van der Waals surface area contributed by atoms with Crippen molar-refractivity contribution in [2.75, 3.05) is 0 Å². The number of carboxylic acids is 1. The van der Waals surface area contributed by atoms with Gasteiger partial charge in [-0.25, -0.2) is 9.18 Å². The lowest BCUT2D eigenvalue weighted by Crippen LogP contribution is -2.51. The molecule has 0 aromatic heterocycles. The molecule has 20 heavy (non-hydrogen) atoms. The van der Waals surface area contributed by atoms with Crippen LogP contribution in [0.5, 0.6) is 0 Å². The van der Waals surface area contributed by atoms with Crippen LogP contribution < -0.4 is 11.1 Å². The molecule has 0 heterocycles. The maximum Gasteiger partial charge on any atom is 0.326 e. The zero-order valence-corrected chi connectivity index (χ0v) is 11.5. The molecule has 0 bridgehead atoms. The first-order valence-electron chi connectivity index (χ1n) is 6.34. The third-order valence-corrected chi connectivity index (χ3v) is 2.94. The van der Waals surface area contributed by atoms with Crippen molar-refractivity contribution in [2.24, 2.45) is 11.7 Å². The molecule has 2 atom stereocenters. The van der Waals surface area contributed by atoms with E-state index in [2.05, 4.69) is 5.32 Å². The van der Waals surface area contributed by atoms with Gasteiger partial charge in [-0.15, -0.1) is 0 Å². The molecule has 0 unspecified atom stereocenters. The zero-order valence-electron chi connectivity index (χ0n) is 11.5. The minimum atomic E-state index is -1.10. The fourth-order valence-corrected chi connectivity index (χ4v) is 1.74. The first-order chi connectivity index (χ1) is 9.31. The van der Waals surface area contributed by atoms with Crippen LogP contribution in [0.1, 0.15) is 19.4 Å². The molecule has 0 saturated carbocycles. The standard InChI is InChI=1S/C14H19FN2O3/c1-8(2)12(14(19)20)17-13(18)11(16)7-9-3-5-10(15)6-4-9/h3-6,8,11-12H,7,16H2,1-2H3,(H,17,18)(H,19,20)/t11-,12-/m0/s1. The number of carboxylic acid groups (broad SMARTS) is 1. The Morgan fingerprint density at radius 1 is 1.30 bits per heavy atom. The third kappa shape index (κ3) is 4.62. The molecular formula is C14H19FN2O3. The number of hydrogen-bond donors (Lipinski definition) is 3. The monoisotopic (exact) mass is 282 g/mol. The Hall–Kier alpha value is -1.95. The minimum Gasteiger partial charge on any atom is -0.480 e. The normalized spacial score (nSPS) is 13.8. The molecule has 0 saturated heterocycles. The maximum absolute atomic E-state index is 12.8. The summed E-state index contributed by atoms with van der Waals surface area (Å²) < 4.78 is 12.8. The lowest BCUT2D eigenvalue weighted by molar-refractivity contribution is -0.143. The molecule has 4 N–H and O–H groups in total. The predicted octanol–water partition coefficient (Wildman–Crippen LogP) is 0.921. The molecule has 0 spiro atoms. The van der Waals surface area contributed by atoms with Gasteiger partial charge in [0.2, 0.25) is 5.91 Å². The Morgan fingerprint density at radius 2 is 1.85 bits per heavy atom. The van der Waals surface area contributed by atoms with Gasteiger partial charge in [-0.3, -0.25) is 4.79 Å². The van der Waals surface area contributed by atoms with Gasteiger partial charge in [0, 0.05) is 0 Å². The number of nitrogens with two attached hydrogens (primary N) is 1. The fourth-order valence-electron chi connectivity index (χ4n) is 1.74. The van der Waals surface area contributed by atoms with Gasteiger partial charge < -0.3 is 16.2 Å². The van der Waals surface area contributed by atoms with Crippen molar-refractivity contribution in [3.05, 3.63) is 35.6 Å². The van der Waals surface area contributed by atoms with Crippen LogP contribution in [0, 0.1) is 11.7 Å². The summed E-state index contributed by atoms with van der Waals surface area (Å²) in [6.07, 6.45) is 0.219. The molecule has 1 amide bonds. The van der Waals surface area contributed by atoms with Crippen LogP contribution >= 0.6 is 0 Å². The highest BCUT2D eigenvalue weighted by Crippen LogP contribution is 2.06. The molecule has 0 fully saturated rings. The van der Waals surface area contributed by atoms with Crippen LogP contribution in [0.4, 0.5) is 4.39 Å². The van der Waals surface area contributed by atoms with E-state index in [1.165, 1.54) is 12.1 Å². The van der Waals surface area contributed by atoms with Crippen LogP contribution in [0.2, 0.25) is 0 Å². The molecular weight excluding hydrogens is 263 g/mol. The largest absolute Gasteiger partial charge is 0.480 e. The maximum atomic E-state index is 12.8. The van der Waals surface area contributed by atoms with E-state index in [0.29, 0.717) is 5.56 Å². The number of aliphatic carboxylic acids is 1. The van der Waals surface area contributed by atoms with Gasteiger partial charge in [0.15, 0.2) is 0 Å². The van der Waals surface area contributed by atoms with Gasteiger partial charge in [0.1, 0.15) is 11.9 Å². The van der Waals surface area contributed by atoms with E-state index in [4.69, 9.17) is 10.8 Å². The molecule has 1 aromatic rings. The molecule has 0 aliphatic heterocycles. The SMILES string of the molecule is CC(C)[C@H](NC(=O)[C@@H](N)Cc1ccc(F)cc1)C(=O)O. The number of halogens is 1. The van der Waals surface area contributed by atoms with Crippen molar-refractivity contribution < 1.29 is 19.1 Å². The number of carbonyl (C=O) groups is 2. The summed E-state index contributed by atoms with van der Waals surface area (Å²) in [7, 11) is 0.